The van der Waals surface area contributed by atoms with Gasteiger partial charge in [-0.2, -0.15) is 0 Å². The quantitative estimate of drug-likeness (QED) is 0.652. The lowest BCUT2D eigenvalue weighted by Crippen LogP contribution is -2.33. The minimum Gasteiger partial charge on any atom is -0.353 e. The molecule has 0 unspecified atom stereocenters. The first-order valence-corrected chi connectivity index (χ1v) is 8.86. The number of fused-ring (bicyclic) bond motifs is 1. The van der Waals surface area contributed by atoms with Crippen molar-refractivity contribution in [3.63, 3.8) is 0 Å². The number of para-hydroxylation sites is 1. The van der Waals surface area contributed by atoms with Gasteiger partial charge < -0.3 is 5.32 Å². The summed E-state index contributed by atoms with van der Waals surface area (Å²) in [4.78, 5) is 29.2. The maximum atomic E-state index is 12.7. The number of carbonyl (C=O) groups excluding carboxylic acids is 1. The zero-order chi connectivity index (χ0) is 17.0. The van der Waals surface area contributed by atoms with Crippen molar-refractivity contribution in [1.82, 2.24) is 14.9 Å². The SMILES string of the molecule is CC[C@H](C)NC(=O)CSc1nc2ccccc2c(=O)n1C(C)C. The molecule has 0 aliphatic heterocycles. The lowest BCUT2D eigenvalue weighted by atomic mass is 10.2. The Morgan fingerprint density at radius 2 is 2.00 bits per heavy atom. The predicted octanol–water partition coefficient (Wildman–Crippen LogP) is 2.98. The molecule has 1 N–H and O–H groups in total. The molecule has 124 valence electrons. The number of thioether (sulfide) groups is 1. The molecule has 0 saturated carbocycles. The molecule has 0 bridgehead atoms. The molecule has 0 aliphatic carbocycles. The Bertz CT molecular complexity index is 755. The van der Waals surface area contributed by atoms with Crippen molar-refractivity contribution in [1.29, 1.82) is 0 Å². The Labute approximate surface area is 140 Å². The first-order chi connectivity index (χ1) is 10.9. The topological polar surface area (TPSA) is 64.0 Å². The molecule has 0 saturated heterocycles. The minimum absolute atomic E-state index is 0.0141. The van der Waals surface area contributed by atoms with E-state index in [1.165, 1.54) is 11.8 Å². The van der Waals surface area contributed by atoms with Crippen LogP contribution in [0.2, 0.25) is 0 Å². The van der Waals surface area contributed by atoms with Crippen molar-refractivity contribution in [2.24, 2.45) is 0 Å². The minimum atomic E-state index is -0.0598. The van der Waals surface area contributed by atoms with E-state index < -0.39 is 0 Å². The van der Waals surface area contributed by atoms with Crippen molar-refractivity contribution in [3.8, 4) is 0 Å². The van der Waals surface area contributed by atoms with E-state index in [9.17, 15) is 9.59 Å². The first-order valence-electron chi connectivity index (χ1n) is 7.87. The molecule has 0 fully saturated rings. The number of hydrogen-bond donors (Lipinski definition) is 1. The van der Waals surface area contributed by atoms with Crippen molar-refractivity contribution < 1.29 is 4.79 Å². The molecule has 0 radical (unpaired) electrons. The van der Waals surface area contributed by atoms with Crippen molar-refractivity contribution in [3.05, 3.63) is 34.6 Å². The smallest absolute Gasteiger partial charge is 0.262 e. The van der Waals surface area contributed by atoms with Gasteiger partial charge in [0, 0.05) is 12.1 Å². The number of carbonyl (C=O) groups is 1. The number of rotatable bonds is 6. The van der Waals surface area contributed by atoms with Gasteiger partial charge in [-0.1, -0.05) is 30.8 Å². The van der Waals surface area contributed by atoms with Crippen LogP contribution in [0.5, 0.6) is 0 Å². The zero-order valence-electron chi connectivity index (χ0n) is 14.0. The predicted molar refractivity (Wildman–Crippen MR) is 95.0 cm³/mol. The Morgan fingerprint density at radius 3 is 2.65 bits per heavy atom. The van der Waals surface area contributed by atoms with Crippen LogP contribution >= 0.6 is 11.8 Å². The van der Waals surface area contributed by atoms with Crippen LogP contribution in [0, 0.1) is 0 Å². The molecule has 2 aromatic rings. The molecule has 1 aromatic carbocycles. The van der Waals surface area contributed by atoms with Crippen LogP contribution in [-0.2, 0) is 4.79 Å². The normalized spacial score (nSPS) is 12.6. The Kier molecular flexibility index (Phi) is 5.82. The molecule has 2 rings (SSSR count). The van der Waals surface area contributed by atoms with E-state index >= 15 is 0 Å². The molecule has 0 spiro atoms. The summed E-state index contributed by atoms with van der Waals surface area (Å²) >= 11 is 1.30. The van der Waals surface area contributed by atoms with E-state index in [2.05, 4.69) is 10.3 Å². The van der Waals surface area contributed by atoms with E-state index in [4.69, 9.17) is 0 Å². The molecule has 5 nitrogen and oxygen atoms in total. The average molecular weight is 333 g/mol. The highest BCUT2D eigenvalue weighted by Gasteiger charge is 2.15. The number of hydrogen-bond acceptors (Lipinski definition) is 4. The van der Waals surface area contributed by atoms with Gasteiger partial charge in [-0.25, -0.2) is 4.98 Å². The fraction of sp³-hybridized carbons (Fsp3) is 0.471. The highest BCUT2D eigenvalue weighted by molar-refractivity contribution is 7.99. The van der Waals surface area contributed by atoms with Gasteiger partial charge in [-0.15, -0.1) is 0 Å². The fourth-order valence-electron chi connectivity index (χ4n) is 2.23. The zero-order valence-corrected chi connectivity index (χ0v) is 14.8. The lowest BCUT2D eigenvalue weighted by Gasteiger charge is -2.16. The number of nitrogens with zero attached hydrogens (tertiary/aromatic N) is 2. The van der Waals surface area contributed by atoms with Gasteiger partial charge in [0.1, 0.15) is 0 Å². The van der Waals surface area contributed by atoms with Crippen LogP contribution in [0.1, 0.15) is 40.2 Å². The summed E-state index contributed by atoms with van der Waals surface area (Å²) in [6, 6.07) is 7.44. The molecular formula is C17H23N3O2S. The average Bonchev–Trinajstić information content (AvgIpc) is 2.52. The second-order valence-electron chi connectivity index (χ2n) is 5.85. The Hall–Kier alpha value is -1.82. The number of amides is 1. The summed E-state index contributed by atoms with van der Waals surface area (Å²) < 4.78 is 1.66. The van der Waals surface area contributed by atoms with Crippen LogP contribution in [-0.4, -0.2) is 27.3 Å². The summed E-state index contributed by atoms with van der Waals surface area (Å²) in [5.74, 6) is 0.212. The molecular weight excluding hydrogens is 310 g/mol. The Balaban J connectivity index is 2.30. The summed E-state index contributed by atoms with van der Waals surface area (Å²) in [7, 11) is 0. The van der Waals surface area contributed by atoms with E-state index in [1.807, 2.05) is 45.9 Å². The second-order valence-corrected chi connectivity index (χ2v) is 6.79. The second kappa shape index (κ2) is 7.64. The Morgan fingerprint density at radius 1 is 1.30 bits per heavy atom. The van der Waals surface area contributed by atoms with Gasteiger partial charge in [0.2, 0.25) is 5.91 Å². The molecule has 1 heterocycles. The molecule has 6 heteroatoms. The molecule has 1 aromatic heterocycles. The number of benzene rings is 1. The first kappa shape index (κ1) is 17.5. The summed E-state index contributed by atoms with van der Waals surface area (Å²) in [5.41, 5.74) is 0.606. The number of nitrogens with one attached hydrogen (secondary N) is 1. The summed E-state index contributed by atoms with van der Waals surface area (Å²) in [5, 5.41) is 4.12. The van der Waals surface area contributed by atoms with E-state index in [1.54, 1.807) is 10.6 Å². The third-order valence-corrected chi connectivity index (χ3v) is 4.60. The van der Waals surface area contributed by atoms with Crippen molar-refractivity contribution in [2.45, 2.75) is 51.4 Å². The number of aromatic nitrogens is 2. The van der Waals surface area contributed by atoms with Crippen LogP contribution in [0.25, 0.3) is 10.9 Å². The van der Waals surface area contributed by atoms with Gasteiger partial charge in [0.25, 0.3) is 5.56 Å². The van der Waals surface area contributed by atoms with Crippen LogP contribution in [0.15, 0.2) is 34.2 Å². The van der Waals surface area contributed by atoms with Gasteiger partial charge in [0.15, 0.2) is 5.16 Å². The van der Waals surface area contributed by atoms with E-state index in [-0.39, 0.29) is 29.3 Å². The highest BCUT2D eigenvalue weighted by Crippen LogP contribution is 2.20. The monoisotopic (exact) mass is 333 g/mol. The third kappa shape index (κ3) is 4.13. The van der Waals surface area contributed by atoms with Crippen LogP contribution in [0.3, 0.4) is 0 Å². The summed E-state index contributed by atoms with van der Waals surface area (Å²) in [6.07, 6.45) is 0.890. The van der Waals surface area contributed by atoms with E-state index in [0.29, 0.717) is 16.1 Å². The molecule has 1 amide bonds. The maximum absolute atomic E-state index is 12.7. The van der Waals surface area contributed by atoms with Gasteiger partial charge in [-0.05, 0) is 39.3 Å². The highest BCUT2D eigenvalue weighted by atomic mass is 32.2. The van der Waals surface area contributed by atoms with Crippen LogP contribution < -0.4 is 10.9 Å². The van der Waals surface area contributed by atoms with Gasteiger partial charge in [0.05, 0.1) is 16.7 Å². The standard InChI is InChI=1S/C17H23N3O2S/c1-5-12(4)18-15(21)10-23-17-19-14-9-7-6-8-13(14)16(22)20(17)11(2)3/h6-9,11-12H,5,10H2,1-4H3,(H,18,21)/t12-/m0/s1. The van der Waals surface area contributed by atoms with Crippen molar-refractivity contribution >= 4 is 28.6 Å². The fourth-order valence-corrected chi connectivity index (χ4v) is 3.17. The molecule has 1 atom stereocenters. The van der Waals surface area contributed by atoms with E-state index in [0.717, 1.165) is 6.42 Å². The summed E-state index contributed by atoms with van der Waals surface area (Å²) in [6.45, 7) is 7.89. The third-order valence-electron chi connectivity index (χ3n) is 3.64. The maximum Gasteiger partial charge on any atom is 0.262 e. The molecule has 0 aliphatic rings. The van der Waals surface area contributed by atoms with Gasteiger partial charge >= 0.3 is 0 Å². The van der Waals surface area contributed by atoms with Crippen LogP contribution in [0.4, 0.5) is 0 Å². The van der Waals surface area contributed by atoms with Gasteiger partial charge in [-0.3, -0.25) is 14.2 Å². The molecule has 23 heavy (non-hydrogen) atoms. The largest absolute Gasteiger partial charge is 0.353 e. The van der Waals surface area contributed by atoms with Crippen molar-refractivity contribution in [2.75, 3.05) is 5.75 Å². The lowest BCUT2D eigenvalue weighted by molar-refractivity contribution is -0.119.